The lowest BCUT2D eigenvalue weighted by molar-refractivity contribution is -0.149. The Morgan fingerprint density at radius 2 is 0.567 bits per heavy atom. The monoisotopic (exact) mass is 1190 g/mol. The predicted octanol–water partition coefficient (Wildman–Crippen LogP) is 12.0. The van der Waals surface area contributed by atoms with Gasteiger partial charge in [-0.25, -0.2) is 0 Å². The van der Waals surface area contributed by atoms with E-state index in [0.29, 0.717) is 6.61 Å². The highest BCUT2D eigenvalue weighted by atomic mass is 16.5. The SMILES string of the molecule is CC(C)=CO[C@H]1NC(=O)[C@H]1NC(c1ccccc1)(c1ccccc1)c1ccccc1.CO[C@H]1NC(=O)[C@H]1NC(c1ccccc1)(c1ccccc1)c1ccccc1.O=C1N[C@@H](OCc2ccccc2)[C@@H]1NC(c1ccccc1)(c1ccccc1)c1ccccc1. The van der Waals surface area contributed by atoms with Gasteiger partial charge >= 0.3 is 0 Å². The van der Waals surface area contributed by atoms with Gasteiger partial charge in [0.1, 0.15) is 18.1 Å². The average molecular weight is 1190 g/mol. The smallest absolute Gasteiger partial charge is 0.245 e. The van der Waals surface area contributed by atoms with Gasteiger partial charge in [0, 0.05) is 7.11 Å². The predicted molar refractivity (Wildman–Crippen MR) is 353 cm³/mol. The van der Waals surface area contributed by atoms with E-state index >= 15 is 0 Å². The van der Waals surface area contributed by atoms with Crippen LogP contribution in [-0.4, -0.2) is 61.6 Å². The number of hydrogen-bond acceptors (Lipinski definition) is 9. The number of hydrogen-bond donors (Lipinski definition) is 6. The van der Waals surface area contributed by atoms with E-state index in [1.807, 2.05) is 208 Å². The Bertz CT molecular complexity index is 3620. The molecule has 0 aromatic heterocycles. The number of benzene rings is 10. The largest absolute Gasteiger partial charge is 0.476 e. The molecular formula is C78H74N6O6. The third-order valence-corrected chi connectivity index (χ3v) is 16.6. The maximum atomic E-state index is 12.8. The summed E-state index contributed by atoms with van der Waals surface area (Å²) in [4.78, 5) is 37.7. The number of nitrogens with one attached hydrogen (secondary N) is 6. The molecule has 90 heavy (non-hydrogen) atoms. The van der Waals surface area contributed by atoms with Crippen molar-refractivity contribution in [2.24, 2.45) is 0 Å². The summed E-state index contributed by atoms with van der Waals surface area (Å²) < 4.78 is 17.4. The summed E-state index contributed by atoms with van der Waals surface area (Å²) in [6, 6.07) is 101. The fourth-order valence-electron chi connectivity index (χ4n) is 12.0. The lowest BCUT2D eigenvalue weighted by atomic mass is 9.76. The van der Waals surface area contributed by atoms with Crippen molar-refractivity contribution in [2.75, 3.05) is 7.11 Å². The first-order valence-electron chi connectivity index (χ1n) is 30.3. The maximum absolute atomic E-state index is 12.8. The third-order valence-electron chi connectivity index (χ3n) is 16.6. The standard InChI is InChI=1S/C29H26N2O2.C26H26N2O2.C23H22N2O2/c32-27-26(28(30-27)33-21-22-13-5-1-6-14-22)31-29(23-15-7-2-8-16-23,24-17-9-3-10-18-24)25-19-11-4-12-20-25;1-19(2)18-30-25-23(24(29)27-25)28-26(20-12-6-3-7-13-20,21-14-8-4-9-15-21)22-16-10-5-11-17-22;1-27-22-20(21(26)24-22)25-23(17-11-5-2-6-12-17,18-13-7-3-8-14-18)19-15-9-4-10-16-19/h1-20,26,28,31H,21H2,(H,30,32);3-18,23,25,28H,1-2H3,(H,27,29);2-16,20,22,25H,1H3,(H,24,26)/t26-,28+;23-,25-;20-,22-/m111/s1. The molecule has 6 N–H and O–H groups in total. The zero-order chi connectivity index (χ0) is 62.2. The van der Waals surface area contributed by atoms with E-state index < -0.39 is 47.2 Å². The number of carbonyl (C=O) groups is 3. The fraction of sp³-hybridized carbons (Fsp3) is 0.167. The van der Waals surface area contributed by atoms with E-state index in [4.69, 9.17) is 14.2 Å². The van der Waals surface area contributed by atoms with Crippen molar-refractivity contribution < 1.29 is 28.6 Å². The van der Waals surface area contributed by atoms with Crippen LogP contribution in [0.15, 0.2) is 315 Å². The molecule has 0 spiro atoms. The first kappa shape index (κ1) is 61.6. The number of amides is 3. The van der Waals surface area contributed by atoms with Crippen LogP contribution in [0.25, 0.3) is 0 Å². The molecule has 0 bridgehead atoms. The Morgan fingerprint density at radius 3 is 0.811 bits per heavy atom. The van der Waals surface area contributed by atoms with Crippen LogP contribution >= 0.6 is 0 Å². The summed E-state index contributed by atoms with van der Waals surface area (Å²) in [6.07, 6.45) is 0.484. The Hall–Kier alpha value is -10.1. The van der Waals surface area contributed by atoms with Crippen LogP contribution in [0.4, 0.5) is 0 Å². The molecule has 3 aliphatic heterocycles. The van der Waals surface area contributed by atoms with Gasteiger partial charge in [0.25, 0.3) is 0 Å². The summed E-state index contributed by atoms with van der Waals surface area (Å²) in [5.41, 5.74) is 9.55. The van der Waals surface area contributed by atoms with Gasteiger partial charge in [0.15, 0.2) is 18.7 Å². The van der Waals surface area contributed by atoms with E-state index in [0.717, 1.165) is 61.2 Å². The number of ether oxygens (including phenoxy) is 3. The number of carbonyl (C=O) groups excluding carboxylic acids is 3. The Labute approximate surface area is 527 Å². The average Bonchev–Trinajstić information content (AvgIpc) is 1.24. The van der Waals surface area contributed by atoms with Gasteiger partial charge < -0.3 is 30.2 Å². The van der Waals surface area contributed by atoms with Crippen molar-refractivity contribution in [1.29, 1.82) is 0 Å². The number of β-lactam (4-membered cyclic amide) rings is 3. The van der Waals surface area contributed by atoms with Gasteiger partial charge in [-0.3, -0.25) is 30.3 Å². The molecule has 10 aromatic carbocycles. The summed E-state index contributed by atoms with van der Waals surface area (Å²) in [7, 11) is 1.61. The summed E-state index contributed by atoms with van der Waals surface area (Å²) in [5, 5.41) is 19.6. The van der Waals surface area contributed by atoms with Crippen LogP contribution < -0.4 is 31.9 Å². The summed E-state index contributed by atoms with van der Waals surface area (Å²) in [5.74, 6) is -0.205. The van der Waals surface area contributed by atoms with E-state index in [1.54, 1.807) is 13.4 Å². The highest BCUT2D eigenvalue weighted by Crippen LogP contribution is 2.41. The van der Waals surface area contributed by atoms with Crippen LogP contribution in [0.2, 0.25) is 0 Å². The van der Waals surface area contributed by atoms with Crippen LogP contribution in [0, 0.1) is 0 Å². The number of rotatable bonds is 21. The minimum absolute atomic E-state index is 0.0611. The molecule has 3 aliphatic rings. The van der Waals surface area contributed by atoms with Gasteiger partial charge in [-0.1, -0.05) is 303 Å². The van der Waals surface area contributed by atoms with Crippen molar-refractivity contribution in [3.8, 4) is 0 Å². The van der Waals surface area contributed by atoms with Gasteiger partial charge in [-0.2, -0.15) is 0 Å². The Morgan fingerprint density at radius 1 is 0.344 bits per heavy atom. The lowest BCUT2D eigenvalue weighted by Gasteiger charge is -2.45. The fourth-order valence-corrected chi connectivity index (χ4v) is 12.0. The molecule has 0 radical (unpaired) electrons. The number of allylic oxidation sites excluding steroid dienone is 1. The quantitative estimate of drug-likeness (QED) is 0.0235. The van der Waals surface area contributed by atoms with Gasteiger partial charge in [-0.05, 0) is 75.1 Å². The minimum Gasteiger partial charge on any atom is -0.476 e. The zero-order valence-electron chi connectivity index (χ0n) is 50.6. The van der Waals surface area contributed by atoms with E-state index in [9.17, 15) is 14.4 Å². The van der Waals surface area contributed by atoms with Gasteiger partial charge in [-0.15, -0.1) is 0 Å². The lowest BCUT2D eigenvalue weighted by Crippen LogP contribution is -2.72. The van der Waals surface area contributed by atoms with Gasteiger partial charge in [0.2, 0.25) is 17.7 Å². The molecule has 3 saturated heterocycles. The maximum Gasteiger partial charge on any atom is 0.245 e. The Balaban J connectivity index is 0.000000140. The molecule has 10 aromatic rings. The third kappa shape index (κ3) is 13.2. The van der Waals surface area contributed by atoms with Crippen molar-refractivity contribution >= 4 is 17.7 Å². The van der Waals surface area contributed by atoms with Crippen LogP contribution in [-0.2, 0) is 51.8 Å². The molecule has 12 nitrogen and oxygen atoms in total. The molecule has 0 saturated carbocycles. The van der Waals surface area contributed by atoms with Crippen molar-refractivity contribution in [2.45, 2.75) is 73.9 Å². The van der Waals surface area contributed by atoms with Crippen LogP contribution in [0.1, 0.15) is 69.5 Å². The van der Waals surface area contributed by atoms with E-state index in [2.05, 4.69) is 141 Å². The topological polar surface area (TPSA) is 151 Å². The number of methoxy groups -OCH3 is 1. The van der Waals surface area contributed by atoms with Gasteiger partial charge in [0.05, 0.1) is 29.5 Å². The molecule has 3 amide bonds. The summed E-state index contributed by atoms with van der Waals surface area (Å²) in [6.45, 7) is 4.36. The van der Waals surface area contributed by atoms with Crippen molar-refractivity contribution in [3.63, 3.8) is 0 Å². The molecule has 0 aliphatic carbocycles. The zero-order valence-corrected chi connectivity index (χ0v) is 50.6. The minimum atomic E-state index is -0.722. The molecule has 6 atom stereocenters. The van der Waals surface area contributed by atoms with Crippen molar-refractivity contribution in [3.05, 3.63) is 371 Å². The molecule has 452 valence electrons. The molecule has 3 fully saturated rings. The first-order chi connectivity index (χ1) is 44.1. The van der Waals surface area contributed by atoms with E-state index in [-0.39, 0.29) is 23.9 Å². The second-order valence-electron chi connectivity index (χ2n) is 22.6. The molecule has 13 rings (SSSR count). The van der Waals surface area contributed by atoms with Crippen LogP contribution in [0.5, 0.6) is 0 Å². The summed E-state index contributed by atoms with van der Waals surface area (Å²) >= 11 is 0. The first-order valence-corrected chi connectivity index (χ1v) is 30.3. The molecule has 0 unspecified atom stereocenters. The second kappa shape index (κ2) is 28.8. The second-order valence-corrected chi connectivity index (χ2v) is 22.6. The highest BCUT2D eigenvalue weighted by Gasteiger charge is 2.51. The molecule has 12 heteroatoms. The highest BCUT2D eigenvalue weighted by molar-refractivity contribution is 5.90. The van der Waals surface area contributed by atoms with Crippen molar-refractivity contribution in [1.82, 2.24) is 31.9 Å². The van der Waals surface area contributed by atoms with E-state index in [1.165, 1.54) is 0 Å². The van der Waals surface area contributed by atoms with Crippen LogP contribution in [0.3, 0.4) is 0 Å². The molecule has 3 heterocycles. The molecular weight excluding hydrogens is 1120 g/mol. The normalized spacial score (nSPS) is 18.3. The Kier molecular flexibility index (Phi) is 19.7.